The topological polar surface area (TPSA) is 116 Å². The summed E-state index contributed by atoms with van der Waals surface area (Å²) >= 11 is 0. The molecule has 9 heteroatoms. The summed E-state index contributed by atoms with van der Waals surface area (Å²) in [6.45, 7) is 0.988. The van der Waals surface area contributed by atoms with Crippen molar-refractivity contribution >= 4 is 27.5 Å². The highest BCUT2D eigenvalue weighted by Gasteiger charge is 2.25. The first kappa shape index (κ1) is 20.7. The van der Waals surface area contributed by atoms with Crippen LogP contribution in [0.15, 0.2) is 48.5 Å². The Morgan fingerprint density at radius 3 is 2.24 bits per heavy atom. The molecule has 0 aliphatic carbocycles. The summed E-state index contributed by atoms with van der Waals surface area (Å²) in [4.78, 5) is 26.7. The molecule has 2 aromatic rings. The Balaban J connectivity index is 1.54. The van der Waals surface area contributed by atoms with E-state index in [1.54, 1.807) is 47.4 Å². The van der Waals surface area contributed by atoms with E-state index in [4.69, 9.17) is 0 Å². The highest BCUT2D eigenvalue weighted by atomic mass is 32.2. The maximum absolute atomic E-state index is 12.7. The molecule has 1 heterocycles. The van der Waals surface area contributed by atoms with Crippen LogP contribution in [0, 0.1) is 0 Å². The monoisotopic (exact) mass is 417 g/mol. The van der Waals surface area contributed by atoms with E-state index < -0.39 is 10.0 Å². The number of hydrogen-bond acceptors (Lipinski definition) is 5. The molecule has 29 heavy (non-hydrogen) atoms. The van der Waals surface area contributed by atoms with Crippen LogP contribution in [-0.2, 0) is 10.0 Å². The van der Waals surface area contributed by atoms with Crippen molar-refractivity contribution in [2.75, 3.05) is 24.1 Å². The summed E-state index contributed by atoms with van der Waals surface area (Å²) in [5.41, 5.74) is 1.10. The first-order chi connectivity index (χ1) is 13.7. The third-order valence-electron chi connectivity index (χ3n) is 4.70. The first-order valence-electron chi connectivity index (χ1n) is 9.19. The van der Waals surface area contributed by atoms with Gasteiger partial charge in [-0.1, -0.05) is 12.1 Å². The van der Waals surface area contributed by atoms with Crippen molar-refractivity contribution in [3.05, 3.63) is 59.7 Å². The minimum absolute atomic E-state index is 0.0635. The molecular formula is C20H23N3O5S. The van der Waals surface area contributed by atoms with Gasteiger partial charge in [-0.15, -0.1) is 0 Å². The molecule has 1 fully saturated rings. The van der Waals surface area contributed by atoms with Gasteiger partial charge in [-0.05, 0) is 49.2 Å². The molecule has 0 unspecified atom stereocenters. The van der Waals surface area contributed by atoms with Crippen LogP contribution >= 0.6 is 0 Å². The van der Waals surface area contributed by atoms with Crippen LogP contribution < -0.4 is 10.0 Å². The Kier molecular flexibility index (Phi) is 6.07. The molecule has 0 bridgehead atoms. The van der Waals surface area contributed by atoms with Crippen LogP contribution in [0.4, 0.5) is 5.69 Å². The molecule has 0 saturated carbocycles. The molecule has 8 nitrogen and oxygen atoms in total. The van der Waals surface area contributed by atoms with Gasteiger partial charge in [0.1, 0.15) is 5.75 Å². The van der Waals surface area contributed by atoms with Crippen LogP contribution in [0.2, 0.25) is 0 Å². The number of carbonyl (C=O) groups is 2. The number of hydrogen-bond donors (Lipinski definition) is 3. The van der Waals surface area contributed by atoms with E-state index in [1.807, 2.05) is 0 Å². The lowest BCUT2D eigenvalue weighted by Crippen LogP contribution is -2.46. The van der Waals surface area contributed by atoms with Crippen molar-refractivity contribution < 1.29 is 23.1 Å². The van der Waals surface area contributed by atoms with Crippen molar-refractivity contribution in [1.29, 1.82) is 0 Å². The SMILES string of the molecule is CS(=O)(=O)Nc1ccc(C(=O)N2CCC(NC(=O)c3ccccc3O)CC2)cc1. The quantitative estimate of drug-likeness (QED) is 0.686. The third kappa shape index (κ3) is 5.47. The summed E-state index contributed by atoms with van der Waals surface area (Å²) < 4.78 is 24.9. The van der Waals surface area contributed by atoms with E-state index in [-0.39, 0.29) is 29.2 Å². The number of rotatable bonds is 5. The van der Waals surface area contributed by atoms with Gasteiger partial charge in [-0.3, -0.25) is 14.3 Å². The Bertz CT molecular complexity index is 997. The highest BCUT2D eigenvalue weighted by Crippen LogP contribution is 2.19. The highest BCUT2D eigenvalue weighted by molar-refractivity contribution is 7.92. The Morgan fingerprint density at radius 2 is 1.66 bits per heavy atom. The van der Waals surface area contributed by atoms with Crippen LogP contribution in [-0.4, -0.2) is 55.6 Å². The van der Waals surface area contributed by atoms with Crippen LogP contribution in [0.25, 0.3) is 0 Å². The van der Waals surface area contributed by atoms with Gasteiger partial charge in [-0.25, -0.2) is 8.42 Å². The van der Waals surface area contributed by atoms with E-state index in [9.17, 15) is 23.1 Å². The van der Waals surface area contributed by atoms with Crippen molar-refractivity contribution in [2.45, 2.75) is 18.9 Å². The Hall–Kier alpha value is -3.07. The molecule has 0 aromatic heterocycles. The van der Waals surface area contributed by atoms with Crippen LogP contribution in [0.3, 0.4) is 0 Å². The van der Waals surface area contributed by atoms with Crippen molar-refractivity contribution in [1.82, 2.24) is 10.2 Å². The fourth-order valence-corrected chi connectivity index (χ4v) is 3.80. The maximum Gasteiger partial charge on any atom is 0.255 e. The molecule has 0 radical (unpaired) electrons. The Labute approximate surface area is 169 Å². The number of sulfonamides is 1. The molecule has 154 valence electrons. The second-order valence-electron chi connectivity index (χ2n) is 7.01. The molecule has 2 aromatic carbocycles. The number of nitrogens with zero attached hydrogens (tertiary/aromatic N) is 1. The van der Waals surface area contributed by atoms with Crippen molar-refractivity contribution in [3.8, 4) is 5.75 Å². The molecule has 1 aliphatic rings. The minimum atomic E-state index is -3.37. The van der Waals surface area contributed by atoms with Crippen LogP contribution in [0.5, 0.6) is 5.75 Å². The standard InChI is InChI=1S/C20H23N3O5S/c1-29(27,28)22-16-8-6-14(7-9-16)20(26)23-12-10-15(11-13-23)21-19(25)17-4-2-3-5-18(17)24/h2-9,15,22,24H,10-13H2,1H3,(H,21,25). The lowest BCUT2D eigenvalue weighted by molar-refractivity contribution is 0.0698. The number of likely N-dealkylation sites (tertiary alicyclic amines) is 1. The number of piperidine rings is 1. The summed E-state index contributed by atoms with van der Waals surface area (Å²) in [7, 11) is -3.37. The summed E-state index contributed by atoms with van der Waals surface area (Å²) in [5, 5.41) is 12.7. The molecule has 0 spiro atoms. The third-order valence-corrected chi connectivity index (χ3v) is 5.31. The van der Waals surface area contributed by atoms with E-state index in [2.05, 4.69) is 10.0 Å². The molecular weight excluding hydrogens is 394 g/mol. The molecule has 1 saturated heterocycles. The second kappa shape index (κ2) is 8.52. The summed E-state index contributed by atoms with van der Waals surface area (Å²) in [5.74, 6) is -0.533. The van der Waals surface area contributed by atoms with Gasteiger partial charge >= 0.3 is 0 Å². The van der Waals surface area contributed by atoms with E-state index in [1.165, 1.54) is 6.07 Å². The number of carbonyl (C=O) groups excluding carboxylic acids is 2. The predicted molar refractivity (Wildman–Crippen MR) is 109 cm³/mol. The average molecular weight is 417 g/mol. The molecule has 3 rings (SSSR count). The average Bonchev–Trinajstić information content (AvgIpc) is 2.68. The van der Waals surface area contributed by atoms with Crippen molar-refractivity contribution in [3.63, 3.8) is 0 Å². The number of nitrogens with one attached hydrogen (secondary N) is 2. The van der Waals surface area contributed by atoms with Gasteiger partial charge in [0.2, 0.25) is 10.0 Å². The lowest BCUT2D eigenvalue weighted by Gasteiger charge is -2.32. The zero-order valence-electron chi connectivity index (χ0n) is 16.0. The summed E-state index contributed by atoms with van der Waals surface area (Å²) in [6, 6.07) is 12.6. The molecule has 0 atom stereocenters. The van der Waals surface area contributed by atoms with Gasteiger partial charge in [-0.2, -0.15) is 0 Å². The van der Waals surface area contributed by atoms with Gasteiger partial charge < -0.3 is 15.3 Å². The number of para-hydroxylation sites is 1. The molecule has 3 N–H and O–H groups in total. The van der Waals surface area contributed by atoms with Gasteiger partial charge in [0.05, 0.1) is 11.8 Å². The Morgan fingerprint density at radius 1 is 1.03 bits per heavy atom. The van der Waals surface area contributed by atoms with E-state index >= 15 is 0 Å². The molecule has 1 aliphatic heterocycles. The smallest absolute Gasteiger partial charge is 0.255 e. The fourth-order valence-electron chi connectivity index (χ4n) is 3.23. The number of amides is 2. The van der Waals surface area contributed by atoms with Crippen LogP contribution in [0.1, 0.15) is 33.6 Å². The number of phenolic OH excluding ortho intramolecular Hbond substituents is 1. The second-order valence-corrected chi connectivity index (χ2v) is 8.76. The van der Waals surface area contributed by atoms with E-state index in [0.717, 1.165) is 6.26 Å². The normalized spacial score (nSPS) is 15.0. The first-order valence-corrected chi connectivity index (χ1v) is 11.1. The van der Waals surface area contributed by atoms with Gasteiger partial charge in [0.25, 0.3) is 11.8 Å². The number of benzene rings is 2. The van der Waals surface area contributed by atoms with E-state index in [0.29, 0.717) is 37.2 Å². The zero-order valence-corrected chi connectivity index (χ0v) is 16.8. The summed E-state index contributed by atoms with van der Waals surface area (Å²) in [6.07, 6.45) is 2.28. The number of phenols is 1. The zero-order chi connectivity index (χ0) is 21.0. The minimum Gasteiger partial charge on any atom is -0.507 e. The predicted octanol–water partition coefficient (Wildman–Crippen LogP) is 1.80. The van der Waals surface area contributed by atoms with Gasteiger partial charge in [0, 0.05) is 30.4 Å². The van der Waals surface area contributed by atoms with Gasteiger partial charge in [0.15, 0.2) is 0 Å². The number of anilines is 1. The fraction of sp³-hybridized carbons (Fsp3) is 0.300. The van der Waals surface area contributed by atoms with Crippen molar-refractivity contribution in [2.24, 2.45) is 0 Å². The molecule has 2 amide bonds. The maximum atomic E-state index is 12.7. The number of aromatic hydroxyl groups is 1. The largest absolute Gasteiger partial charge is 0.507 e. The lowest BCUT2D eigenvalue weighted by atomic mass is 10.0.